The largest absolute Gasteiger partial charge is 0.466 e. The molecule has 0 aromatic rings. The summed E-state index contributed by atoms with van der Waals surface area (Å²) in [6, 6.07) is 0. The summed E-state index contributed by atoms with van der Waals surface area (Å²) < 4.78 is 6.31. The standard InChI is InChI=1S/C30H38O6/c1-17(2)13-14-23-24(31)19-9-5-6-10-20(19)25(32)27(23)36-30(16-15-18(3)4)28(34)22-12-8-7-11-21(22)26(33)29(30)35/h17-18H,5-16H2,1-4H3. The lowest BCUT2D eigenvalue weighted by molar-refractivity contribution is -0.159. The van der Waals surface area contributed by atoms with Crippen molar-refractivity contribution in [1.82, 2.24) is 0 Å². The van der Waals surface area contributed by atoms with E-state index >= 15 is 0 Å². The molecule has 0 fully saturated rings. The highest BCUT2D eigenvalue weighted by molar-refractivity contribution is 6.54. The van der Waals surface area contributed by atoms with Gasteiger partial charge in [0.1, 0.15) is 0 Å². The molecular formula is C30H38O6. The summed E-state index contributed by atoms with van der Waals surface area (Å²) in [5.41, 5.74) is -0.104. The zero-order valence-corrected chi connectivity index (χ0v) is 22.1. The van der Waals surface area contributed by atoms with Gasteiger partial charge in [0.2, 0.25) is 23.0 Å². The van der Waals surface area contributed by atoms with Crippen LogP contribution in [0.15, 0.2) is 33.6 Å². The van der Waals surface area contributed by atoms with Gasteiger partial charge in [-0.2, -0.15) is 0 Å². The van der Waals surface area contributed by atoms with E-state index in [9.17, 15) is 24.0 Å². The molecule has 6 nitrogen and oxygen atoms in total. The molecule has 1 unspecified atom stereocenters. The predicted octanol–water partition coefficient (Wildman–Crippen LogP) is 5.48. The molecule has 0 saturated carbocycles. The first kappa shape index (κ1) is 26.4. The topological polar surface area (TPSA) is 94.6 Å². The third kappa shape index (κ3) is 4.59. The van der Waals surface area contributed by atoms with Crippen LogP contribution in [0.5, 0.6) is 0 Å². The minimum absolute atomic E-state index is 0.0131. The third-order valence-electron chi connectivity index (χ3n) is 8.05. The van der Waals surface area contributed by atoms with Crippen LogP contribution in [0.4, 0.5) is 0 Å². The Labute approximate surface area is 213 Å². The zero-order valence-electron chi connectivity index (χ0n) is 22.1. The van der Waals surface area contributed by atoms with Crippen molar-refractivity contribution in [2.75, 3.05) is 0 Å². The highest BCUT2D eigenvalue weighted by Crippen LogP contribution is 2.43. The number of ether oxygens (including phenoxy) is 1. The number of carbonyl (C=O) groups excluding carboxylic acids is 5. The Morgan fingerprint density at radius 3 is 1.69 bits per heavy atom. The van der Waals surface area contributed by atoms with Crippen LogP contribution in [0.25, 0.3) is 0 Å². The molecule has 0 radical (unpaired) electrons. The smallest absolute Gasteiger partial charge is 0.254 e. The van der Waals surface area contributed by atoms with E-state index in [4.69, 9.17) is 4.74 Å². The van der Waals surface area contributed by atoms with Gasteiger partial charge >= 0.3 is 0 Å². The highest BCUT2D eigenvalue weighted by Gasteiger charge is 2.57. The summed E-state index contributed by atoms with van der Waals surface area (Å²) in [6.07, 6.45) is 6.56. The van der Waals surface area contributed by atoms with E-state index in [1.165, 1.54) is 0 Å². The Bertz CT molecular complexity index is 1110. The van der Waals surface area contributed by atoms with Gasteiger partial charge in [0, 0.05) is 34.3 Å². The van der Waals surface area contributed by atoms with Crippen LogP contribution in [0.3, 0.4) is 0 Å². The Kier molecular flexibility index (Phi) is 7.63. The van der Waals surface area contributed by atoms with E-state index in [-0.39, 0.29) is 41.2 Å². The lowest BCUT2D eigenvalue weighted by atomic mass is 9.70. The Morgan fingerprint density at radius 1 is 0.639 bits per heavy atom. The van der Waals surface area contributed by atoms with Crippen LogP contribution in [0.2, 0.25) is 0 Å². The van der Waals surface area contributed by atoms with E-state index in [1.54, 1.807) is 0 Å². The molecule has 0 aromatic heterocycles. The predicted molar refractivity (Wildman–Crippen MR) is 135 cm³/mol. The third-order valence-corrected chi connectivity index (χ3v) is 8.05. The molecule has 0 bridgehead atoms. The molecule has 0 heterocycles. The molecule has 0 aliphatic heterocycles. The Hall–Kier alpha value is -2.63. The summed E-state index contributed by atoms with van der Waals surface area (Å²) in [5.74, 6) is -2.35. The van der Waals surface area contributed by atoms with E-state index in [2.05, 4.69) is 0 Å². The quantitative estimate of drug-likeness (QED) is 0.252. The average Bonchev–Trinajstić information content (AvgIpc) is 2.86. The van der Waals surface area contributed by atoms with Crippen LogP contribution >= 0.6 is 0 Å². The number of Topliss-reactive ketones (excluding diaryl/α,β-unsaturated/α-hetero) is 5. The molecule has 0 N–H and O–H groups in total. The number of carbonyl (C=O) groups is 5. The maximum absolute atomic E-state index is 14.0. The lowest BCUT2D eigenvalue weighted by Gasteiger charge is -2.39. The van der Waals surface area contributed by atoms with Gasteiger partial charge in [-0.15, -0.1) is 0 Å². The fraction of sp³-hybridized carbons (Fsp3) is 0.633. The van der Waals surface area contributed by atoms with Gasteiger partial charge in [0.05, 0.1) is 0 Å². The summed E-state index contributed by atoms with van der Waals surface area (Å²) in [7, 11) is 0. The van der Waals surface area contributed by atoms with Gasteiger partial charge < -0.3 is 4.74 Å². The molecule has 4 aliphatic carbocycles. The van der Waals surface area contributed by atoms with Crippen molar-refractivity contribution in [3.63, 3.8) is 0 Å². The van der Waals surface area contributed by atoms with Crippen molar-refractivity contribution < 1.29 is 28.7 Å². The second kappa shape index (κ2) is 10.4. The molecule has 4 aliphatic rings. The number of hydrogen-bond acceptors (Lipinski definition) is 6. The van der Waals surface area contributed by atoms with Gasteiger partial charge in [-0.05, 0) is 82.5 Å². The lowest BCUT2D eigenvalue weighted by Crippen LogP contribution is -2.57. The molecule has 0 spiro atoms. The van der Waals surface area contributed by atoms with Crippen molar-refractivity contribution in [1.29, 1.82) is 0 Å². The van der Waals surface area contributed by atoms with Crippen molar-refractivity contribution in [3.05, 3.63) is 33.6 Å². The second-order valence-electron chi connectivity index (χ2n) is 11.6. The molecule has 4 rings (SSSR count). The maximum Gasteiger partial charge on any atom is 0.254 e. The molecular weight excluding hydrogens is 456 g/mol. The normalized spacial score (nSPS) is 25.3. The van der Waals surface area contributed by atoms with Gasteiger partial charge in [0.25, 0.3) is 5.78 Å². The highest BCUT2D eigenvalue weighted by atomic mass is 16.5. The summed E-state index contributed by atoms with van der Waals surface area (Å²) in [4.78, 5) is 68.3. The van der Waals surface area contributed by atoms with Crippen molar-refractivity contribution in [2.24, 2.45) is 11.8 Å². The molecule has 0 aromatic carbocycles. The van der Waals surface area contributed by atoms with Crippen LogP contribution < -0.4 is 0 Å². The minimum atomic E-state index is -2.07. The van der Waals surface area contributed by atoms with Crippen molar-refractivity contribution in [2.45, 2.75) is 110 Å². The average molecular weight is 495 g/mol. The Morgan fingerprint density at radius 2 is 1.14 bits per heavy atom. The number of rotatable bonds is 8. The molecule has 1 atom stereocenters. The molecule has 0 amide bonds. The first-order valence-electron chi connectivity index (χ1n) is 13.7. The second-order valence-corrected chi connectivity index (χ2v) is 11.6. The van der Waals surface area contributed by atoms with Gasteiger partial charge in [0.15, 0.2) is 11.5 Å². The first-order chi connectivity index (χ1) is 17.1. The van der Waals surface area contributed by atoms with Gasteiger partial charge in [-0.1, -0.05) is 27.7 Å². The molecule has 6 heteroatoms. The SMILES string of the molecule is CC(C)CCC1=C(OC2(CCC(C)C)C(=O)C(=O)C3=C(CCCC3)C2=O)C(=O)C2=C(CCCC2)C1=O. The van der Waals surface area contributed by atoms with Crippen molar-refractivity contribution >= 4 is 28.9 Å². The monoisotopic (exact) mass is 494 g/mol. The van der Waals surface area contributed by atoms with E-state index < -0.39 is 23.0 Å². The van der Waals surface area contributed by atoms with Gasteiger partial charge in [-0.25, -0.2) is 0 Å². The van der Waals surface area contributed by atoms with E-state index in [0.717, 1.165) is 25.7 Å². The van der Waals surface area contributed by atoms with E-state index in [0.29, 0.717) is 67.2 Å². The fourth-order valence-corrected chi connectivity index (χ4v) is 5.84. The van der Waals surface area contributed by atoms with E-state index in [1.807, 2.05) is 27.7 Å². The summed E-state index contributed by atoms with van der Waals surface area (Å²) >= 11 is 0. The summed E-state index contributed by atoms with van der Waals surface area (Å²) in [5, 5.41) is 0. The number of hydrogen-bond donors (Lipinski definition) is 0. The molecule has 0 saturated heterocycles. The zero-order chi connectivity index (χ0) is 26.2. The number of ketones is 5. The molecule has 36 heavy (non-hydrogen) atoms. The number of allylic oxidation sites excluding steroid dienone is 4. The van der Waals surface area contributed by atoms with Gasteiger partial charge in [-0.3, -0.25) is 24.0 Å². The van der Waals surface area contributed by atoms with Crippen molar-refractivity contribution in [3.8, 4) is 0 Å². The Balaban J connectivity index is 1.84. The first-order valence-corrected chi connectivity index (χ1v) is 13.7. The van der Waals surface area contributed by atoms with Crippen LogP contribution in [-0.4, -0.2) is 34.5 Å². The molecule has 194 valence electrons. The van der Waals surface area contributed by atoms with Crippen LogP contribution in [0, 0.1) is 11.8 Å². The summed E-state index contributed by atoms with van der Waals surface area (Å²) in [6.45, 7) is 8.02. The van der Waals surface area contributed by atoms with Crippen LogP contribution in [0.1, 0.15) is 105 Å². The minimum Gasteiger partial charge on any atom is -0.466 e. The van der Waals surface area contributed by atoms with Crippen LogP contribution in [-0.2, 0) is 28.7 Å². The maximum atomic E-state index is 14.0. The fourth-order valence-electron chi connectivity index (χ4n) is 5.84.